The molecule has 1 spiro atoms. The summed E-state index contributed by atoms with van der Waals surface area (Å²) in [5.74, 6) is -3.56. The molecular formula is C38H45BrClN3O7. The van der Waals surface area contributed by atoms with Gasteiger partial charge in [-0.15, -0.1) is 13.2 Å². The Hall–Kier alpha value is -3.51. The van der Waals surface area contributed by atoms with Crippen molar-refractivity contribution in [3.05, 3.63) is 90.5 Å². The first-order valence-electron chi connectivity index (χ1n) is 17.0. The average Bonchev–Trinajstić information content (AvgIpc) is 3.70. The summed E-state index contributed by atoms with van der Waals surface area (Å²) in [7, 11) is 0. The molecule has 2 aromatic rings. The second-order valence-electron chi connectivity index (χ2n) is 13.6. The third-order valence-electron chi connectivity index (χ3n) is 9.81. The zero-order valence-corrected chi connectivity index (χ0v) is 30.7. The van der Waals surface area contributed by atoms with Crippen LogP contribution >= 0.6 is 27.5 Å². The molecule has 268 valence electrons. The summed E-state index contributed by atoms with van der Waals surface area (Å²) in [6.45, 7) is 11.1. The molecule has 8 atom stereocenters. The van der Waals surface area contributed by atoms with Gasteiger partial charge in [-0.2, -0.15) is 0 Å². The van der Waals surface area contributed by atoms with Crippen molar-refractivity contribution in [2.45, 2.75) is 74.2 Å². The second-order valence-corrected chi connectivity index (χ2v) is 15.2. The highest BCUT2D eigenvalue weighted by Gasteiger charge is 2.77. The maximum atomic E-state index is 14.9. The molecule has 3 aliphatic rings. The summed E-state index contributed by atoms with van der Waals surface area (Å²) in [5.41, 5.74) is -0.0780. The third kappa shape index (κ3) is 7.42. The van der Waals surface area contributed by atoms with Crippen molar-refractivity contribution in [2.24, 2.45) is 17.8 Å². The fourth-order valence-electron chi connectivity index (χ4n) is 7.72. The number of carbonyl (C=O) groups excluding carboxylic acids is 4. The summed E-state index contributed by atoms with van der Waals surface area (Å²) in [4.78, 5) is 59.2. The van der Waals surface area contributed by atoms with Crippen LogP contribution in [-0.4, -0.2) is 82.1 Å². The predicted molar refractivity (Wildman–Crippen MR) is 195 cm³/mol. The van der Waals surface area contributed by atoms with E-state index in [-0.39, 0.29) is 36.9 Å². The number of fused-ring (bicyclic) bond motifs is 1. The fraction of sp³-hybridized carbons (Fsp3) is 0.474. The molecule has 50 heavy (non-hydrogen) atoms. The molecule has 2 aromatic carbocycles. The van der Waals surface area contributed by atoms with Crippen molar-refractivity contribution in [1.82, 2.24) is 10.2 Å². The summed E-state index contributed by atoms with van der Waals surface area (Å²) in [6.07, 6.45) is 3.88. The van der Waals surface area contributed by atoms with Gasteiger partial charge in [0.2, 0.25) is 11.8 Å². The van der Waals surface area contributed by atoms with E-state index < -0.39 is 65.4 Å². The number of rotatable bonds is 16. The minimum atomic E-state index is -1.36. The number of aliphatic hydroxyl groups is 1. The number of halogens is 2. The Labute approximate surface area is 306 Å². The molecule has 0 saturated carbocycles. The first kappa shape index (κ1) is 37.7. The Kier molecular flexibility index (Phi) is 12.2. The van der Waals surface area contributed by atoms with Crippen molar-refractivity contribution in [3.63, 3.8) is 0 Å². The Morgan fingerprint density at radius 1 is 1.16 bits per heavy atom. The first-order valence-corrected chi connectivity index (χ1v) is 18.3. The molecule has 0 aliphatic carbocycles. The van der Waals surface area contributed by atoms with Gasteiger partial charge in [-0.25, -0.2) is 0 Å². The van der Waals surface area contributed by atoms with Gasteiger partial charge in [0.25, 0.3) is 5.91 Å². The number of likely N-dealkylation sites (tertiary alicyclic amines) is 1. The highest BCUT2D eigenvalue weighted by Crippen LogP contribution is 2.61. The topological polar surface area (TPSA) is 125 Å². The number of nitrogens with one attached hydrogen (secondary N) is 1. The van der Waals surface area contributed by atoms with Gasteiger partial charge >= 0.3 is 5.97 Å². The van der Waals surface area contributed by atoms with Crippen molar-refractivity contribution >= 4 is 56.9 Å². The lowest BCUT2D eigenvalue weighted by Gasteiger charge is -2.39. The average molecular weight is 771 g/mol. The Morgan fingerprint density at radius 3 is 2.48 bits per heavy atom. The number of amides is 3. The van der Waals surface area contributed by atoms with E-state index in [0.717, 1.165) is 5.56 Å². The van der Waals surface area contributed by atoms with Crippen LogP contribution in [0.2, 0.25) is 5.02 Å². The van der Waals surface area contributed by atoms with E-state index >= 15 is 0 Å². The third-order valence-corrected chi connectivity index (χ3v) is 10.9. The Morgan fingerprint density at radius 2 is 1.86 bits per heavy atom. The van der Waals surface area contributed by atoms with Gasteiger partial charge in [0, 0.05) is 28.5 Å². The molecule has 3 aliphatic heterocycles. The zero-order valence-electron chi connectivity index (χ0n) is 28.4. The number of hydrogen-bond acceptors (Lipinski definition) is 7. The number of ether oxygens (including phenoxy) is 2. The predicted octanol–water partition coefficient (Wildman–Crippen LogP) is 5.38. The smallest absolute Gasteiger partial charge is 0.306 e. The van der Waals surface area contributed by atoms with Crippen LogP contribution in [0.25, 0.3) is 0 Å². The summed E-state index contributed by atoms with van der Waals surface area (Å²) < 4.78 is 12.3. The molecule has 3 saturated heterocycles. The molecule has 3 fully saturated rings. The summed E-state index contributed by atoms with van der Waals surface area (Å²) in [5, 5.41) is 14.2. The van der Waals surface area contributed by atoms with E-state index in [2.05, 4.69) is 34.4 Å². The van der Waals surface area contributed by atoms with Crippen molar-refractivity contribution in [2.75, 3.05) is 24.7 Å². The van der Waals surface area contributed by atoms with Crippen molar-refractivity contribution in [1.29, 1.82) is 0 Å². The number of esters is 1. The molecule has 3 heterocycles. The Bertz CT molecular complexity index is 1570. The number of nitrogens with zero attached hydrogens (tertiary/aromatic N) is 2. The van der Waals surface area contributed by atoms with Gasteiger partial charge in [-0.05, 0) is 55.0 Å². The number of anilines is 1. The maximum absolute atomic E-state index is 14.9. The molecule has 10 nitrogen and oxygen atoms in total. The molecule has 3 amide bonds. The lowest BCUT2D eigenvalue weighted by Crippen LogP contribution is -2.59. The monoisotopic (exact) mass is 769 g/mol. The van der Waals surface area contributed by atoms with Gasteiger partial charge in [0.05, 0.1) is 36.6 Å². The van der Waals surface area contributed by atoms with Crippen LogP contribution in [0.15, 0.2) is 79.9 Å². The zero-order chi connectivity index (χ0) is 36.2. The molecule has 0 radical (unpaired) electrons. The van der Waals surface area contributed by atoms with Crippen LogP contribution in [0.1, 0.15) is 51.1 Å². The van der Waals surface area contributed by atoms with Gasteiger partial charge in [0.1, 0.15) is 18.2 Å². The number of alkyl halides is 1. The molecular weight excluding hydrogens is 726 g/mol. The van der Waals surface area contributed by atoms with E-state index in [4.69, 9.17) is 21.1 Å². The van der Waals surface area contributed by atoms with Crippen LogP contribution in [-0.2, 0) is 28.7 Å². The van der Waals surface area contributed by atoms with E-state index in [9.17, 15) is 24.3 Å². The normalized spacial score (nSPS) is 26.3. The minimum absolute atomic E-state index is 0.0928. The number of carbonyl (C=O) groups is 4. The van der Waals surface area contributed by atoms with Crippen LogP contribution < -0.4 is 10.2 Å². The Balaban J connectivity index is 1.53. The maximum Gasteiger partial charge on any atom is 0.306 e. The van der Waals surface area contributed by atoms with Crippen molar-refractivity contribution < 1.29 is 33.8 Å². The van der Waals surface area contributed by atoms with Gasteiger partial charge in [-0.3, -0.25) is 19.2 Å². The quantitative estimate of drug-likeness (QED) is 0.134. The summed E-state index contributed by atoms with van der Waals surface area (Å²) in [6, 6.07) is 13.4. The van der Waals surface area contributed by atoms with Crippen LogP contribution in [0, 0.1) is 17.8 Å². The molecule has 1 unspecified atom stereocenters. The van der Waals surface area contributed by atoms with Gasteiger partial charge in [0.15, 0.2) is 0 Å². The van der Waals surface area contributed by atoms with E-state index in [1.54, 1.807) is 36.4 Å². The highest BCUT2D eigenvalue weighted by molar-refractivity contribution is 9.09. The fourth-order valence-corrected chi connectivity index (χ4v) is 8.79. The minimum Gasteiger partial charge on any atom is -0.463 e. The van der Waals surface area contributed by atoms with Gasteiger partial charge < -0.3 is 29.7 Å². The van der Waals surface area contributed by atoms with Crippen LogP contribution in [0.3, 0.4) is 0 Å². The lowest BCUT2D eigenvalue weighted by molar-refractivity contribution is -0.146. The lowest BCUT2D eigenvalue weighted by atomic mass is 9.70. The molecule has 2 N–H and O–H groups in total. The molecule has 0 aromatic heterocycles. The van der Waals surface area contributed by atoms with E-state index in [1.165, 1.54) is 9.80 Å². The number of aliphatic hydroxyl groups excluding tert-OH is 1. The molecule has 12 heteroatoms. The SMILES string of the molecule is C=CCCC(=O)OC[C@H](NC(=O)[C@@H]1[C@H]2O[C@@]3(CC2Br)[C@H](C(=O)N(CC=C)c2ccc(Cl)cc2)N([C@@H](CO)CC(C)C)C(=O)[C@@H]13)c1ccccc1. The first-order chi connectivity index (χ1) is 24.0. The van der Waals surface area contributed by atoms with E-state index in [0.29, 0.717) is 30.0 Å². The van der Waals surface area contributed by atoms with Gasteiger partial charge in [-0.1, -0.05) is 83.9 Å². The standard InChI is InChI=1S/C38H45BrClN3O7/c1-5-7-13-30(45)49-22-29(24-11-9-8-10-12-24)41-35(46)31-32-36(47)43(27(21-44)19-23(3)4)34(38(32)20-28(39)33(31)50-38)37(48)42(18-6-2)26-16-14-25(40)15-17-26/h5-6,8-12,14-17,23,27-29,31-34,44H,1-2,7,13,18-22H2,3-4H3,(H,41,46)/t27-,28?,29+,31+,32-,33+,34+,38-/m1/s1. The molecule has 2 bridgehead atoms. The van der Waals surface area contributed by atoms with Crippen molar-refractivity contribution in [3.8, 4) is 0 Å². The number of benzene rings is 2. The van der Waals surface area contributed by atoms with Crippen LogP contribution in [0.4, 0.5) is 5.69 Å². The summed E-state index contributed by atoms with van der Waals surface area (Å²) >= 11 is 9.91. The number of allylic oxidation sites excluding steroid dienone is 1. The van der Waals surface area contributed by atoms with Crippen LogP contribution in [0.5, 0.6) is 0 Å². The largest absolute Gasteiger partial charge is 0.463 e. The second kappa shape index (κ2) is 16.2. The number of hydrogen-bond donors (Lipinski definition) is 2. The van der Waals surface area contributed by atoms with E-state index in [1.807, 2.05) is 44.2 Å². The molecule has 5 rings (SSSR count). The highest BCUT2D eigenvalue weighted by atomic mass is 79.9.